The fourth-order valence-corrected chi connectivity index (χ4v) is 2.54. The second kappa shape index (κ2) is 7.11. The van der Waals surface area contributed by atoms with Crippen LogP contribution in [0.1, 0.15) is 25.8 Å². The van der Waals surface area contributed by atoms with Gasteiger partial charge in [0.15, 0.2) is 0 Å². The largest absolute Gasteiger partial charge is 0.382 e. The average molecular weight is 289 g/mol. The maximum Gasteiger partial charge on any atom is 0.239 e. The lowest BCUT2D eigenvalue weighted by Gasteiger charge is -2.31. The van der Waals surface area contributed by atoms with Crippen LogP contribution in [0.2, 0.25) is 0 Å². The van der Waals surface area contributed by atoms with Crippen LogP contribution in [0, 0.1) is 5.92 Å². The van der Waals surface area contributed by atoms with Crippen LogP contribution >= 0.6 is 0 Å². The van der Waals surface area contributed by atoms with Gasteiger partial charge in [0.05, 0.1) is 12.5 Å². The number of benzene rings is 1. The topological polar surface area (TPSA) is 70.2 Å². The molecular weight excluding hydrogens is 266 g/mol. The van der Waals surface area contributed by atoms with Crippen molar-refractivity contribution in [2.24, 2.45) is 5.92 Å². The number of hydrogen-bond acceptors (Lipinski definition) is 3. The maximum atomic E-state index is 12.3. The molecule has 0 radical (unpaired) electrons. The molecule has 5 heteroatoms. The number of anilines is 1. The molecule has 0 bridgehead atoms. The Kier molecular flexibility index (Phi) is 5.20. The third kappa shape index (κ3) is 3.97. The molecule has 1 aromatic carbocycles. The molecule has 2 amide bonds. The fraction of sp³-hybridized carbons (Fsp3) is 0.500. The summed E-state index contributed by atoms with van der Waals surface area (Å²) in [6, 6.07) is 8.07. The fourth-order valence-electron chi connectivity index (χ4n) is 2.54. The minimum Gasteiger partial charge on any atom is -0.382 e. The highest BCUT2D eigenvalue weighted by Crippen LogP contribution is 2.28. The Bertz CT molecular complexity index is 516. The predicted octanol–water partition coefficient (Wildman–Crippen LogP) is 1.30. The zero-order valence-corrected chi connectivity index (χ0v) is 12.6. The van der Waals surface area contributed by atoms with Crippen LogP contribution in [0.4, 0.5) is 5.69 Å². The van der Waals surface area contributed by atoms with E-state index in [1.807, 2.05) is 38.1 Å². The molecule has 3 N–H and O–H groups in total. The molecule has 5 nitrogen and oxygen atoms in total. The molecule has 1 aromatic rings. The number of para-hydroxylation sites is 1. The monoisotopic (exact) mass is 289 g/mol. The Balaban J connectivity index is 1.90. The Labute approximate surface area is 125 Å². The number of carbonyl (C=O) groups is 2. The van der Waals surface area contributed by atoms with E-state index in [4.69, 9.17) is 0 Å². The van der Waals surface area contributed by atoms with Crippen LogP contribution in [0.15, 0.2) is 24.3 Å². The van der Waals surface area contributed by atoms with Crippen LogP contribution in [0.25, 0.3) is 0 Å². The predicted molar refractivity (Wildman–Crippen MR) is 83.0 cm³/mol. The van der Waals surface area contributed by atoms with Crippen molar-refractivity contribution < 1.29 is 9.59 Å². The first-order chi connectivity index (χ1) is 10.1. The molecule has 0 spiro atoms. The van der Waals surface area contributed by atoms with E-state index in [-0.39, 0.29) is 30.3 Å². The summed E-state index contributed by atoms with van der Waals surface area (Å²) in [5.74, 6) is -0.364. The molecule has 1 aliphatic heterocycles. The Hall–Kier alpha value is -2.04. The van der Waals surface area contributed by atoms with Crippen LogP contribution in [0.3, 0.4) is 0 Å². The zero-order chi connectivity index (χ0) is 15.2. The van der Waals surface area contributed by atoms with Gasteiger partial charge in [0, 0.05) is 18.3 Å². The molecule has 0 saturated heterocycles. The van der Waals surface area contributed by atoms with Crippen LogP contribution in [-0.2, 0) is 16.0 Å². The summed E-state index contributed by atoms with van der Waals surface area (Å²) in [7, 11) is 0. The highest BCUT2D eigenvalue weighted by Gasteiger charge is 2.30. The van der Waals surface area contributed by atoms with Gasteiger partial charge in [0.2, 0.25) is 11.8 Å². The van der Waals surface area contributed by atoms with Gasteiger partial charge in [-0.1, -0.05) is 25.1 Å². The van der Waals surface area contributed by atoms with Gasteiger partial charge in [-0.15, -0.1) is 0 Å². The quantitative estimate of drug-likeness (QED) is 0.765. The van der Waals surface area contributed by atoms with Crippen molar-refractivity contribution in [2.75, 3.05) is 18.4 Å². The molecule has 2 atom stereocenters. The molecule has 0 fully saturated rings. The molecule has 0 aromatic heterocycles. The number of amides is 2. The minimum atomic E-state index is -0.154. The SMILES string of the molecule is CCCNC(=O)CNC(=O)C1Cc2ccccc2NC1C. The number of nitrogens with one attached hydrogen (secondary N) is 3. The first kappa shape index (κ1) is 15.4. The Morgan fingerprint density at radius 2 is 2.05 bits per heavy atom. The number of fused-ring (bicyclic) bond motifs is 1. The summed E-state index contributed by atoms with van der Waals surface area (Å²) < 4.78 is 0. The molecule has 114 valence electrons. The summed E-state index contributed by atoms with van der Waals surface area (Å²) >= 11 is 0. The lowest BCUT2D eigenvalue weighted by atomic mass is 9.87. The molecule has 2 rings (SSSR count). The van der Waals surface area contributed by atoms with Gasteiger partial charge in [-0.05, 0) is 31.4 Å². The summed E-state index contributed by atoms with van der Waals surface area (Å²) in [5.41, 5.74) is 2.24. The van der Waals surface area contributed by atoms with E-state index in [0.29, 0.717) is 13.0 Å². The Morgan fingerprint density at radius 3 is 2.81 bits per heavy atom. The maximum absolute atomic E-state index is 12.3. The van der Waals surface area contributed by atoms with Crippen molar-refractivity contribution in [1.82, 2.24) is 10.6 Å². The van der Waals surface area contributed by atoms with Gasteiger partial charge in [0.1, 0.15) is 0 Å². The molecule has 21 heavy (non-hydrogen) atoms. The van der Waals surface area contributed by atoms with Crippen LogP contribution in [0.5, 0.6) is 0 Å². The molecule has 0 saturated carbocycles. The van der Waals surface area contributed by atoms with Crippen molar-refractivity contribution in [3.8, 4) is 0 Å². The van der Waals surface area contributed by atoms with Gasteiger partial charge in [-0.25, -0.2) is 0 Å². The summed E-state index contributed by atoms with van der Waals surface area (Å²) in [6.07, 6.45) is 1.59. The zero-order valence-electron chi connectivity index (χ0n) is 12.6. The normalized spacial score (nSPS) is 20.1. The first-order valence-electron chi connectivity index (χ1n) is 7.50. The highest BCUT2D eigenvalue weighted by molar-refractivity contribution is 5.87. The van der Waals surface area contributed by atoms with Crippen LogP contribution in [-0.4, -0.2) is 30.9 Å². The van der Waals surface area contributed by atoms with E-state index in [1.54, 1.807) is 0 Å². The van der Waals surface area contributed by atoms with Crippen molar-refractivity contribution in [3.05, 3.63) is 29.8 Å². The van der Waals surface area contributed by atoms with E-state index >= 15 is 0 Å². The number of rotatable bonds is 5. The first-order valence-corrected chi connectivity index (χ1v) is 7.50. The summed E-state index contributed by atoms with van der Waals surface area (Å²) in [6.45, 7) is 4.68. The summed E-state index contributed by atoms with van der Waals surface area (Å²) in [5, 5.41) is 8.83. The number of hydrogen-bond donors (Lipinski definition) is 3. The standard InChI is InChI=1S/C16H23N3O2/c1-3-8-17-15(20)10-18-16(21)13-9-12-6-4-5-7-14(12)19-11(13)2/h4-7,11,13,19H,3,8-10H2,1-2H3,(H,17,20)(H,18,21). The molecule has 2 unspecified atom stereocenters. The van der Waals surface area contributed by atoms with Crippen molar-refractivity contribution >= 4 is 17.5 Å². The van der Waals surface area contributed by atoms with Crippen LogP contribution < -0.4 is 16.0 Å². The van der Waals surface area contributed by atoms with E-state index in [1.165, 1.54) is 0 Å². The number of carbonyl (C=O) groups excluding carboxylic acids is 2. The minimum absolute atomic E-state index is 0.0453. The summed E-state index contributed by atoms with van der Waals surface area (Å²) in [4.78, 5) is 23.8. The van der Waals surface area contributed by atoms with E-state index in [2.05, 4.69) is 16.0 Å². The lowest BCUT2D eigenvalue weighted by Crippen LogP contribution is -2.46. The van der Waals surface area contributed by atoms with E-state index in [0.717, 1.165) is 17.7 Å². The molecule has 0 aliphatic carbocycles. The second-order valence-electron chi connectivity index (χ2n) is 5.47. The van der Waals surface area contributed by atoms with Crippen molar-refractivity contribution in [1.29, 1.82) is 0 Å². The second-order valence-corrected chi connectivity index (χ2v) is 5.47. The van der Waals surface area contributed by atoms with E-state index in [9.17, 15) is 9.59 Å². The lowest BCUT2D eigenvalue weighted by molar-refractivity contribution is -0.128. The Morgan fingerprint density at radius 1 is 1.29 bits per heavy atom. The van der Waals surface area contributed by atoms with Gasteiger partial charge < -0.3 is 16.0 Å². The highest BCUT2D eigenvalue weighted by atomic mass is 16.2. The van der Waals surface area contributed by atoms with Gasteiger partial charge in [-0.2, -0.15) is 0 Å². The van der Waals surface area contributed by atoms with Crippen molar-refractivity contribution in [2.45, 2.75) is 32.7 Å². The molecular formula is C16H23N3O2. The third-order valence-corrected chi connectivity index (χ3v) is 3.78. The van der Waals surface area contributed by atoms with Gasteiger partial charge in [-0.3, -0.25) is 9.59 Å². The smallest absolute Gasteiger partial charge is 0.239 e. The van der Waals surface area contributed by atoms with Gasteiger partial charge >= 0.3 is 0 Å². The molecule has 1 heterocycles. The third-order valence-electron chi connectivity index (χ3n) is 3.78. The average Bonchev–Trinajstić information content (AvgIpc) is 2.49. The van der Waals surface area contributed by atoms with Gasteiger partial charge in [0.25, 0.3) is 0 Å². The van der Waals surface area contributed by atoms with Crippen molar-refractivity contribution in [3.63, 3.8) is 0 Å². The van der Waals surface area contributed by atoms with E-state index < -0.39 is 0 Å². The molecule has 1 aliphatic rings.